The van der Waals surface area contributed by atoms with Crippen LogP contribution in [0.4, 0.5) is 4.39 Å². The lowest BCUT2D eigenvalue weighted by atomic mass is 9.88. The molecule has 0 bridgehead atoms. The van der Waals surface area contributed by atoms with Gasteiger partial charge >= 0.3 is 0 Å². The summed E-state index contributed by atoms with van der Waals surface area (Å²) in [4.78, 5) is 18.5. The van der Waals surface area contributed by atoms with Gasteiger partial charge in [0.15, 0.2) is 11.5 Å². The molecule has 4 aromatic rings. The molecule has 1 aliphatic rings. The summed E-state index contributed by atoms with van der Waals surface area (Å²) in [5.74, 6) is 1.40. The van der Waals surface area contributed by atoms with Crippen molar-refractivity contribution in [2.45, 2.75) is 44.6 Å². The first-order valence-corrected chi connectivity index (χ1v) is 13.1. The number of benzene rings is 3. The number of para-hydroxylation sites is 1. The van der Waals surface area contributed by atoms with Gasteiger partial charge in [-0.05, 0) is 49.2 Å². The van der Waals surface area contributed by atoms with Gasteiger partial charge in [0.1, 0.15) is 18.2 Å². The topological polar surface area (TPSA) is 65.7 Å². The van der Waals surface area contributed by atoms with Gasteiger partial charge in [-0.15, -0.1) is 0 Å². The number of nitrogens with zero attached hydrogens (tertiary/aromatic N) is 3. The van der Waals surface area contributed by atoms with E-state index in [1.54, 1.807) is 43.7 Å². The van der Waals surface area contributed by atoms with E-state index in [4.69, 9.17) is 14.5 Å². The molecule has 0 radical (unpaired) electrons. The molecule has 1 fully saturated rings. The van der Waals surface area contributed by atoms with Crippen LogP contribution in [0, 0.1) is 5.82 Å². The van der Waals surface area contributed by atoms with Crippen LogP contribution in [-0.4, -0.2) is 23.0 Å². The number of hydrogen-bond donors (Lipinski definition) is 0. The molecule has 3 aromatic carbocycles. The average molecular weight is 564 g/mol. The summed E-state index contributed by atoms with van der Waals surface area (Å²) in [6, 6.07) is 17.4. The predicted molar refractivity (Wildman–Crippen MR) is 146 cm³/mol. The van der Waals surface area contributed by atoms with E-state index in [9.17, 15) is 9.18 Å². The summed E-state index contributed by atoms with van der Waals surface area (Å²) in [5, 5.41) is 5.12. The van der Waals surface area contributed by atoms with Crippen molar-refractivity contribution in [2.75, 3.05) is 7.11 Å². The third-order valence-corrected chi connectivity index (χ3v) is 7.17. The first-order chi connectivity index (χ1) is 18.0. The largest absolute Gasteiger partial charge is 0.493 e. The van der Waals surface area contributed by atoms with Crippen molar-refractivity contribution in [3.63, 3.8) is 0 Å². The van der Waals surface area contributed by atoms with Crippen LogP contribution in [0.3, 0.4) is 0 Å². The molecule has 0 atom stereocenters. The molecule has 1 heterocycles. The van der Waals surface area contributed by atoms with Crippen LogP contribution in [0.1, 0.15) is 55.0 Å². The molecular weight excluding hydrogens is 537 g/mol. The quantitative estimate of drug-likeness (QED) is 0.231. The molecule has 37 heavy (non-hydrogen) atoms. The van der Waals surface area contributed by atoms with Crippen molar-refractivity contribution in [1.82, 2.24) is 9.66 Å². The van der Waals surface area contributed by atoms with Crippen molar-refractivity contribution >= 4 is 33.0 Å². The highest BCUT2D eigenvalue weighted by Gasteiger charge is 2.23. The molecule has 0 unspecified atom stereocenters. The number of hydrogen-bond acceptors (Lipinski definition) is 5. The lowest BCUT2D eigenvalue weighted by molar-refractivity contribution is 0.279. The van der Waals surface area contributed by atoms with Crippen molar-refractivity contribution in [1.29, 1.82) is 0 Å². The maximum absolute atomic E-state index is 14.2. The van der Waals surface area contributed by atoms with Gasteiger partial charge in [0.05, 0.1) is 24.2 Å². The number of aromatic nitrogens is 2. The summed E-state index contributed by atoms with van der Waals surface area (Å²) < 4.78 is 27.9. The number of ether oxygens (including phenoxy) is 2. The third-order valence-electron chi connectivity index (χ3n) is 6.68. The maximum atomic E-state index is 14.2. The Morgan fingerprint density at radius 3 is 2.70 bits per heavy atom. The fourth-order valence-corrected chi connectivity index (χ4v) is 5.10. The third kappa shape index (κ3) is 5.44. The van der Waals surface area contributed by atoms with E-state index in [2.05, 4.69) is 21.0 Å². The van der Waals surface area contributed by atoms with Gasteiger partial charge in [-0.1, -0.05) is 59.5 Å². The van der Waals surface area contributed by atoms with E-state index < -0.39 is 0 Å². The molecule has 1 aromatic heterocycles. The molecule has 1 aliphatic carbocycles. The highest BCUT2D eigenvalue weighted by molar-refractivity contribution is 9.10. The number of fused-ring (bicyclic) bond motifs is 1. The van der Waals surface area contributed by atoms with E-state index >= 15 is 0 Å². The van der Waals surface area contributed by atoms with Gasteiger partial charge < -0.3 is 9.47 Å². The van der Waals surface area contributed by atoms with Crippen LogP contribution in [0.2, 0.25) is 0 Å². The highest BCUT2D eigenvalue weighted by Crippen LogP contribution is 2.33. The molecular formula is C29H27BrFN3O3. The van der Waals surface area contributed by atoms with E-state index in [-0.39, 0.29) is 23.9 Å². The van der Waals surface area contributed by atoms with E-state index in [1.807, 2.05) is 24.3 Å². The lowest BCUT2D eigenvalue weighted by Crippen LogP contribution is -2.25. The minimum atomic E-state index is -0.343. The first-order valence-electron chi connectivity index (χ1n) is 12.3. The summed E-state index contributed by atoms with van der Waals surface area (Å²) in [6.07, 6.45) is 6.93. The van der Waals surface area contributed by atoms with Crippen molar-refractivity contribution in [3.8, 4) is 11.5 Å². The Kier molecular flexibility index (Phi) is 7.65. The SMILES string of the molecule is COc1cccc(C=Nn2c(C3CCCCC3)nc3ccc(Br)cc3c2=O)c1OCc1ccccc1F. The van der Waals surface area contributed by atoms with Crippen LogP contribution in [0.15, 0.2) is 75.0 Å². The molecule has 0 N–H and O–H groups in total. The minimum Gasteiger partial charge on any atom is -0.493 e. The molecule has 0 spiro atoms. The highest BCUT2D eigenvalue weighted by atomic mass is 79.9. The maximum Gasteiger partial charge on any atom is 0.282 e. The van der Waals surface area contributed by atoms with Crippen LogP contribution in [0.5, 0.6) is 11.5 Å². The Balaban J connectivity index is 1.57. The second kappa shape index (κ2) is 11.3. The first kappa shape index (κ1) is 25.1. The van der Waals surface area contributed by atoms with Gasteiger partial charge in [0.2, 0.25) is 0 Å². The van der Waals surface area contributed by atoms with Crippen molar-refractivity contribution in [2.24, 2.45) is 5.10 Å². The lowest BCUT2D eigenvalue weighted by Gasteiger charge is -2.22. The Morgan fingerprint density at radius 1 is 1.11 bits per heavy atom. The molecule has 5 rings (SSSR count). The van der Waals surface area contributed by atoms with Gasteiger partial charge in [0.25, 0.3) is 5.56 Å². The zero-order valence-electron chi connectivity index (χ0n) is 20.5. The minimum absolute atomic E-state index is 0.0206. The van der Waals surface area contributed by atoms with Gasteiger partial charge in [0, 0.05) is 21.5 Å². The second-order valence-corrected chi connectivity index (χ2v) is 10.0. The van der Waals surface area contributed by atoms with Crippen LogP contribution < -0.4 is 15.0 Å². The Hall–Kier alpha value is -3.52. The van der Waals surface area contributed by atoms with Crippen molar-refractivity contribution < 1.29 is 13.9 Å². The fourth-order valence-electron chi connectivity index (χ4n) is 4.74. The standard InChI is InChI=1S/C29H27BrFN3O3/c1-36-26-13-7-11-20(27(26)37-18-21-10-5-6-12-24(21)31)17-32-34-28(19-8-3-2-4-9-19)33-25-15-14-22(30)16-23(25)29(34)35/h5-7,10-17,19H,2-4,8-9,18H2,1H3. The number of methoxy groups -OCH3 is 1. The average Bonchev–Trinajstić information content (AvgIpc) is 2.93. The van der Waals surface area contributed by atoms with E-state index in [1.165, 1.54) is 17.2 Å². The molecule has 0 aliphatic heterocycles. The Morgan fingerprint density at radius 2 is 1.92 bits per heavy atom. The number of rotatable bonds is 7. The molecule has 0 saturated heterocycles. The van der Waals surface area contributed by atoms with Gasteiger partial charge in [-0.3, -0.25) is 4.79 Å². The molecule has 190 valence electrons. The smallest absolute Gasteiger partial charge is 0.282 e. The Bertz CT molecular complexity index is 1510. The zero-order chi connectivity index (χ0) is 25.8. The zero-order valence-corrected chi connectivity index (χ0v) is 22.1. The summed E-state index contributed by atoms with van der Waals surface area (Å²) in [7, 11) is 1.54. The second-order valence-electron chi connectivity index (χ2n) is 9.09. The molecule has 1 saturated carbocycles. The fraction of sp³-hybridized carbons (Fsp3) is 0.276. The summed E-state index contributed by atoms with van der Waals surface area (Å²) in [6.45, 7) is 0.0206. The van der Waals surface area contributed by atoms with E-state index in [0.717, 1.165) is 30.2 Å². The van der Waals surface area contributed by atoms with Crippen LogP contribution >= 0.6 is 15.9 Å². The molecule has 0 amide bonds. The summed E-state index contributed by atoms with van der Waals surface area (Å²) in [5.41, 5.74) is 1.47. The van der Waals surface area contributed by atoms with Crippen LogP contribution in [-0.2, 0) is 6.61 Å². The predicted octanol–water partition coefficient (Wildman–Crippen LogP) is 6.82. The van der Waals surface area contributed by atoms with E-state index in [0.29, 0.717) is 39.4 Å². The van der Waals surface area contributed by atoms with Crippen LogP contribution in [0.25, 0.3) is 10.9 Å². The number of halogens is 2. The monoisotopic (exact) mass is 563 g/mol. The molecule has 6 nitrogen and oxygen atoms in total. The van der Waals surface area contributed by atoms with Gasteiger partial charge in [-0.25, -0.2) is 9.37 Å². The van der Waals surface area contributed by atoms with Gasteiger partial charge in [-0.2, -0.15) is 9.78 Å². The van der Waals surface area contributed by atoms with Crippen molar-refractivity contribution in [3.05, 3.63) is 98.3 Å². The summed E-state index contributed by atoms with van der Waals surface area (Å²) >= 11 is 3.46. The normalized spacial score (nSPS) is 14.4. The Labute approximate surface area is 222 Å². The molecule has 8 heteroatoms.